The fourth-order valence-corrected chi connectivity index (χ4v) is 2.12. The van der Waals surface area contributed by atoms with Crippen LogP contribution in [0.3, 0.4) is 0 Å². The number of rotatable bonds is 6. The smallest absolute Gasteiger partial charge is 0.342 e. The average Bonchev–Trinajstić information content (AvgIpc) is 3.10. The molecule has 7 heteroatoms. The lowest BCUT2D eigenvalue weighted by Crippen LogP contribution is -2.35. The summed E-state index contributed by atoms with van der Waals surface area (Å²) in [7, 11) is 1.62. The van der Waals surface area contributed by atoms with Gasteiger partial charge in [-0.3, -0.25) is 14.3 Å². The average molecular weight is 268 g/mol. The number of methoxy groups -OCH3 is 1. The molecular formula is C12H16N2O5. The highest BCUT2D eigenvalue weighted by Crippen LogP contribution is 2.49. The molecule has 0 aromatic carbocycles. The molecule has 1 aromatic rings. The van der Waals surface area contributed by atoms with E-state index in [9.17, 15) is 14.4 Å². The summed E-state index contributed by atoms with van der Waals surface area (Å²) < 4.78 is 6.30. The zero-order valence-corrected chi connectivity index (χ0v) is 10.6. The van der Waals surface area contributed by atoms with Gasteiger partial charge in [-0.1, -0.05) is 0 Å². The van der Waals surface area contributed by atoms with Crippen LogP contribution in [0.2, 0.25) is 0 Å². The zero-order chi connectivity index (χ0) is 14.0. The molecule has 2 rings (SSSR count). The molecule has 0 aliphatic heterocycles. The van der Waals surface area contributed by atoms with E-state index in [2.05, 4.69) is 0 Å². The van der Waals surface area contributed by atoms with E-state index in [1.807, 2.05) is 4.98 Å². The van der Waals surface area contributed by atoms with Crippen molar-refractivity contribution in [2.45, 2.75) is 25.8 Å². The van der Waals surface area contributed by atoms with Gasteiger partial charge in [-0.05, 0) is 24.7 Å². The quantitative estimate of drug-likeness (QED) is 0.759. The molecule has 1 aliphatic carbocycles. The minimum atomic E-state index is -1.34. The molecule has 0 saturated heterocycles. The van der Waals surface area contributed by atoms with E-state index in [1.54, 1.807) is 7.11 Å². The van der Waals surface area contributed by atoms with Gasteiger partial charge in [0.05, 0.1) is 0 Å². The van der Waals surface area contributed by atoms with Crippen LogP contribution >= 0.6 is 0 Å². The van der Waals surface area contributed by atoms with Crippen LogP contribution in [0.5, 0.6) is 0 Å². The van der Waals surface area contributed by atoms with Gasteiger partial charge in [-0.25, -0.2) is 9.59 Å². The van der Waals surface area contributed by atoms with Crippen molar-refractivity contribution < 1.29 is 14.6 Å². The third-order valence-corrected chi connectivity index (χ3v) is 3.54. The molecule has 0 bridgehead atoms. The molecule has 1 fully saturated rings. The summed E-state index contributed by atoms with van der Waals surface area (Å²) in [5.41, 5.74) is -1.86. The number of nitrogens with one attached hydrogen (secondary N) is 1. The van der Waals surface area contributed by atoms with Gasteiger partial charge in [0.2, 0.25) is 0 Å². The molecule has 1 aromatic heterocycles. The molecule has 0 spiro atoms. The highest BCUT2D eigenvalue weighted by Gasteiger charge is 2.42. The first-order chi connectivity index (χ1) is 8.97. The lowest BCUT2D eigenvalue weighted by molar-refractivity contribution is 0.0693. The predicted octanol–water partition coefficient (Wildman–Crippen LogP) is 0.0515. The fourth-order valence-electron chi connectivity index (χ4n) is 2.12. The third kappa shape index (κ3) is 2.93. The van der Waals surface area contributed by atoms with Gasteiger partial charge in [-0.2, -0.15) is 0 Å². The van der Waals surface area contributed by atoms with Crippen molar-refractivity contribution in [2.75, 3.05) is 13.7 Å². The Morgan fingerprint density at radius 1 is 1.53 bits per heavy atom. The van der Waals surface area contributed by atoms with Crippen LogP contribution in [-0.2, 0) is 11.3 Å². The maximum absolute atomic E-state index is 11.7. The van der Waals surface area contributed by atoms with E-state index in [4.69, 9.17) is 9.84 Å². The van der Waals surface area contributed by atoms with Crippen molar-refractivity contribution in [2.24, 2.45) is 5.41 Å². The number of ether oxygens (including phenoxy) is 1. The van der Waals surface area contributed by atoms with Crippen molar-refractivity contribution in [3.63, 3.8) is 0 Å². The van der Waals surface area contributed by atoms with E-state index in [1.165, 1.54) is 4.57 Å². The van der Waals surface area contributed by atoms with E-state index in [0.29, 0.717) is 13.2 Å². The Morgan fingerprint density at radius 2 is 2.21 bits per heavy atom. The second-order valence-electron chi connectivity index (χ2n) is 4.98. The van der Waals surface area contributed by atoms with Crippen LogP contribution < -0.4 is 11.2 Å². The molecule has 2 N–H and O–H groups in total. The maximum atomic E-state index is 11.7. The molecule has 1 heterocycles. The first kappa shape index (κ1) is 13.5. The second-order valence-corrected chi connectivity index (χ2v) is 4.98. The Hall–Kier alpha value is -1.89. The van der Waals surface area contributed by atoms with Gasteiger partial charge in [0.1, 0.15) is 5.56 Å². The molecule has 0 unspecified atom stereocenters. The Balaban J connectivity index is 2.26. The van der Waals surface area contributed by atoms with Gasteiger partial charge in [0, 0.05) is 26.5 Å². The molecule has 19 heavy (non-hydrogen) atoms. The largest absolute Gasteiger partial charge is 0.477 e. The third-order valence-electron chi connectivity index (χ3n) is 3.54. The Morgan fingerprint density at radius 3 is 2.74 bits per heavy atom. The van der Waals surface area contributed by atoms with Gasteiger partial charge in [-0.15, -0.1) is 0 Å². The van der Waals surface area contributed by atoms with Crippen molar-refractivity contribution in [1.82, 2.24) is 9.55 Å². The Bertz CT molecular complexity index is 597. The van der Waals surface area contributed by atoms with Crippen LogP contribution in [-0.4, -0.2) is 34.3 Å². The number of hydrogen-bond donors (Lipinski definition) is 2. The van der Waals surface area contributed by atoms with Crippen LogP contribution in [0.4, 0.5) is 0 Å². The van der Waals surface area contributed by atoms with E-state index in [0.717, 1.165) is 25.5 Å². The lowest BCUT2D eigenvalue weighted by atomic mass is 10.0. The van der Waals surface area contributed by atoms with Crippen LogP contribution in [0.15, 0.2) is 15.8 Å². The highest BCUT2D eigenvalue weighted by atomic mass is 16.5. The normalized spacial score (nSPS) is 16.3. The second kappa shape index (κ2) is 5.00. The molecule has 7 nitrogen and oxygen atoms in total. The number of aromatic nitrogens is 2. The zero-order valence-electron chi connectivity index (χ0n) is 10.6. The summed E-state index contributed by atoms with van der Waals surface area (Å²) in [5.74, 6) is -1.34. The number of aromatic amines is 1. The summed E-state index contributed by atoms with van der Waals surface area (Å²) in [6.45, 7) is 1.01. The van der Waals surface area contributed by atoms with Gasteiger partial charge in [0.25, 0.3) is 5.56 Å². The lowest BCUT2D eigenvalue weighted by Gasteiger charge is -2.16. The van der Waals surface area contributed by atoms with E-state index < -0.39 is 22.8 Å². The summed E-state index contributed by atoms with van der Waals surface area (Å²) in [6, 6.07) is 0. The Kier molecular flexibility index (Phi) is 3.57. The number of nitrogens with zero attached hydrogens (tertiary/aromatic N) is 1. The van der Waals surface area contributed by atoms with E-state index in [-0.39, 0.29) is 5.41 Å². The molecule has 104 valence electrons. The van der Waals surface area contributed by atoms with Crippen molar-refractivity contribution in [3.05, 3.63) is 32.6 Å². The number of hydrogen-bond acceptors (Lipinski definition) is 4. The summed E-state index contributed by atoms with van der Waals surface area (Å²) in [5, 5.41) is 8.88. The van der Waals surface area contributed by atoms with Gasteiger partial charge < -0.3 is 9.84 Å². The molecule has 1 saturated carbocycles. The number of aromatic carboxylic acids is 1. The molecule has 0 atom stereocenters. The van der Waals surface area contributed by atoms with Gasteiger partial charge in [0.15, 0.2) is 0 Å². The van der Waals surface area contributed by atoms with Crippen LogP contribution in [0.1, 0.15) is 29.6 Å². The van der Waals surface area contributed by atoms with E-state index >= 15 is 0 Å². The number of carboxylic acids is 1. The fraction of sp³-hybridized carbons (Fsp3) is 0.583. The minimum absolute atomic E-state index is 0.00610. The van der Waals surface area contributed by atoms with Crippen molar-refractivity contribution in [1.29, 1.82) is 0 Å². The van der Waals surface area contributed by atoms with Crippen LogP contribution in [0, 0.1) is 5.41 Å². The maximum Gasteiger partial charge on any atom is 0.342 e. The number of carboxylic acid groups (broad SMARTS) is 1. The predicted molar refractivity (Wildman–Crippen MR) is 66.4 cm³/mol. The first-order valence-electron chi connectivity index (χ1n) is 6.03. The van der Waals surface area contributed by atoms with Crippen LogP contribution in [0.25, 0.3) is 0 Å². The SMILES string of the molecule is COCCC1(Cn2cc(C(=O)O)c(=O)[nH]c2=O)CC1. The first-order valence-corrected chi connectivity index (χ1v) is 6.03. The highest BCUT2D eigenvalue weighted by molar-refractivity contribution is 5.86. The number of H-pyrrole nitrogens is 1. The molecule has 0 radical (unpaired) electrons. The standard InChI is InChI=1S/C12H16N2O5/c1-19-5-4-12(2-3-12)7-14-6-8(10(16)17)9(15)13-11(14)18/h6H,2-5,7H2,1H3,(H,16,17)(H,13,15,18). The molecular weight excluding hydrogens is 252 g/mol. The van der Waals surface area contributed by atoms with Crippen molar-refractivity contribution >= 4 is 5.97 Å². The Labute approximate surface area is 108 Å². The number of carbonyl (C=O) groups is 1. The minimum Gasteiger partial charge on any atom is -0.477 e. The van der Waals surface area contributed by atoms with Gasteiger partial charge >= 0.3 is 11.7 Å². The summed E-state index contributed by atoms with van der Waals surface area (Å²) >= 11 is 0. The summed E-state index contributed by atoms with van der Waals surface area (Å²) in [4.78, 5) is 35.9. The molecule has 0 amide bonds. The molecule has 1 aliphatic rings. The van der Waals surface area contributed by atoms with Crippen molar-refractivity contribution in [3.8, 4) is 0 Å². The topological polar surface area (TPSA) is 101 Å². The summed E-state index contributed by atoms with van der Waals surface area (Å²) in [6.07, 6.45) is 3.89. The monoisotopic (exact) mass is 268 g/mol.